The van der Waals surface area contributed by atoms with Gasteiger partial charge < -0.3 is 16.2 Å². The summed E-state index contributed by atoms with van der Waals surface area (Å²) in [6.07, 6.45) is 0.378. The van der Waals surface area contributed by atoms with Crippen LogP contribution in [-0.4, -0.2) is 12.2 Å². The van der Waals surface area contributed by atoms with Crippen LogP contribution in [0.3, 0.4) is 0 Å². The van der Waals surface area contributed by atoms with Gasteiger partial charge in [0.1, 0.15) is 6.10 Å². The van der Waals surface area contributed by atoms with E-state index < -0.39 is 6.09 Å². The van der Waals surface area contributed by atoms with Gasteiger partial charge in [-0.05, 0) is 29.7 Å². The van der Waals surface area contributed by atoms with Crippen molar-refractivity contribution < 1.29 is 9.53 Å². The molecule has 1 amide bonds. The lowest BCUT2D eigenvalue weighted by Crippen LogP contribution is -2.22. The van der Waals surface area contributed by atoms with Crippen molar-refractivity contribution >= 4 is 23.4 Å². The number of fused-ring (bicyclic) bond motifs is 1. The molecule has 1 unspecified atom stereocenters. The molecule has 0 heterocycles. The summed E-state index contributed by atoms with van der Waals surface area (Å²) in [5.41, 5.74) is 14.6. The van der Waals surface area contributed by atoms with Crippen LogP contribution < -0.4 is 11.5 Å². The maximum atomic E-state index is 10.7. The van der Waals surface area contributed by atoms with Crippen LogP contribution in [0, 0.1) is 6.92 Å². The fraction of sp³-hybridized carbons (Fsp3) is 0.364. The molecule has 1 aliphatic rings. The predicted molar refractivity (Wildman–Crippen MR) is 62.5 cm³/mol. The maximum Gasteiger partial charge on any atom is 0.404 e. The van der Waals surface area contributed by atoms with E-state index in [9.17, 15) is 4.79 Å². The summed E-state index contributed by atoms with van der Waals surface area (Å²) >= 11 is 5.99. The number of hydrogen-bond acceptors (Lipinski definition) is 3. The van der Waals surface area contributed by atoms with Gasteiger partial charge in [0.05, 0.1) is 10.7 Å². The highest BCUT2D eigenvalue weighted by Gasteiger charge is 2.27. The van der Waals surface area contributed by atoms with Crippen molar-refractivity contribution in [3.05, 3.63) is 27.8 Å². The quantitative estimate of drug-likeness (QED) is 0.735. The minimum absolute atomic E-state index is 0.191. The number of amides is 1. The van der Waals surface area contributed by atoms with E-state index in [1.807, 2.05) is 13.0 Å². The third-order valence-electron chi connectivity index (χ3n) is 2.96. The van der Waals surface area contributed by atoms with E-state index in [2.05, 4.69) is 0 Å². The Kier molecular flexibility index (Phi) is 2.68. The largest absolute Gasteiger partial charge is 0.446 e. The number of carbonyl (C=O) groups excluding carboxylic acids is 1. The number of anilines is 1. The van der Waals surface area contributed by atoms with Gasteiger partial charge in [0.2, 0.25) is 0 Å². The number of rotatable bonds is 1. The van der Waals surface area contributed by atoms with Crippen molar-refractivity contribution in [2.45, 2.75) is 25.9 Å². The molecule has 1 aromatic rings. The Bertz CT molecular complexity index is 460. The van der Waals surface area contributed by atoms with Gasteiger partial charge in [0, 0.05) is 12.8 Å². The zero-order valence-electron chi connectivity index (χ0n) is 8.92. The lowest BCUT2D eigenvalue weighted by molar-refractivity contribution is 0.112. The lowest BCUT2D eigenvalue weighted by Gasteiger charge is -2.09. The number of nitrogen functional groups attached to an aromatic ring is 1. The Morgan fingerprint density at radius 3 is 2.88 bits per heavy atom. The third kappa shape index (κ3) is 1.80. The van der Waals surface area contributed by atoms with E-state index >= 15 is 0 Å². The molecule has 1 aromatic carbocycles. The number of primary amides is 1. The fourth-order valence-electron chi connectivity index (χ4n) is 2.16. The van der Waals surface area contributed by atoms with Crippen molar-refractivity contribution in [2.24, 2.45) is 5.73 Å². The van der Waals surface area contributed by atoms with E-state index in [0.717, 1.165) is 16.7 Å². The number of carbonyl (C=O) groups is 1. The van der Waals surface area contributed by atoms with Crippen molar-refractivity contribution in [1.29, 1.82) is 0 Å². The SMILES string of the molecule is Cc1c(N)c(Cl)cc2c1CC(OC(N)=O)C2. The zero-order valence-corrected chi connectivity index (χ0v) is 9.67. The molecule has 1 atom stereocenters. The topological polar surface area (TPSA) is 78.3 Å². The molecule has 0 saturated carbocycles. The molecule has 86 valence electrons. The minimum atomic E-state index is -0.741. The monoisotopic (exact) mass is 240 g/mol. The Balaban J connectivity index is 2.31. The molecule has 0 spiro atoms. The number of halogens is 1. The molecule has 0 aromatic heterocycles. The second-order valence-electron chi connectivity index (χ2n) is 4.00. The van der Waals surface area contributed by atoms with Gasteiger partial charge in [-0.25, -0.2) is 4.79 Å². The molecule has 0 radical (unpaired) electrons. The van der Waals surface area contributed by atoms with E-state index in [1.54, 1.807) is 0 Å². The Hall–Kier alpha value is -1.42. The summed E-state index contributed by atoms with van der Waals surface area (Å²) in [6, 6.07) is 1.84. The van der Waals surface area contributed by atoms with Crippen LogP contribution in [0.1, 0.15) is 16.7 Å². The third-order valence-corrected chi connectivity index (χ3v) is 3.28. The summed E-state index contributed by atoms with van der Waals surface area (Å²) in [5, 5.41) is 0.552. The standard InChI is InChI=1S/C11H13ClN2O2/c1-5-8-4-7(16-11(14)15)2-6(8)3-9(12)10(5)13/h3,7H,2,4,13H2,1H3,(H2,14,15). The second-order valence-corrected chi connectivity index (χ2v) is 4.41. The highest BCUT2D eigenvalue weighted by Crippen LogP contribution is 2.34. The predicted octanol–water partition coefficient (Wildman–Crippen LogP) is 1.79. The summed E-state index contributed by atoms with van der Waals surface area (Å²) in [5.74, 6) is 0. The van der Waals surface area contributed by atoms with E-state index in [1.165, 1.54) is 0 Å². The highest BCUT2D eigenvalue weighted by atomic mass is 35.5. The van der Waals surface area contributed by atoms with Crippen LogP contribution in [0.4, 0.5) is 10.5 Å². The van der Waals surface area contributed by atoms with E-state index in [0.29, 0.717) is 23.6 Å². The summed E-state index contributed by atoms with van der Waals surface area (Å²) in [7, 11) is 0. The molecule has 0 aliphatic heterocycles. The summed E-state index contributed by atoms with van der Waals surface area (Å²) in [4.78, 5) is 10.7. The first-order valence-corrected chi connectivity index (χ1v) is 5.39. The van der Waals surface area contributed by atoms with Crippen LogP contribution >= 0.6 is 11.6 Å². The molecule has 5 heteroatoms. The number of nitrogens with two attached hydrogens (primary N) is 2. The first-order valence-electron chi connectivity index (χ1n) is 5.01. The van der Waals surface area contributed by atoms with Crippen molar-refractivity contribution in [2.75, 3.05) is 5.73 Å². The van der Waals surface area contributed by atoms with E-state index in [4.69, 9.17) is 27.8 Å². The molecule has 4 N–H and O–H groups in total. The molecular weight excluding hydrogens is 228 g/mol. The normalized spacial score (nSPS) is 18.2. The first-order chi connectivity index (χ1) is 7.49. The number of hydrogen-bond donors (Lipinski definition) is 2. The molecular formula is C11H13ClN2O2. The molecule has 16 heavy (non-hydrogen) atoms. The molecule has 2 rings (SSSR count). The van der Waals surface area contributed by atoms with Crippen molar-refractivity contribution in [1.82, 2.24) is 0 Å². The Morgan fingerprint density at radius 1 is 1.56 bits per heavy atom. The first kappa shape index (κ1) is 11.1. The molecule has 0 bridgehead atoms. The van der Waals surface area contributed by atoms with Gasteiger partial charge in [0.25, 0.3) is 0 Å². The number of ether oxygens (including phenoxy) is 1. The van der Waals surface area contributed by atoms with Crippen molar-refractivity contribution in [3.63, 3.8) is 0 Å². The average Bonchev–Trinajstić information content (AvgIpc) is 2.56. The van der Waals surface area contributed by atoms with Crippen LogP contribution in [-0.2, 0) is 17.6 Å². The highest BCUT2D eigenvalue weighted by molar-refractivity contribution is 6.33. The second kappa shape index (κ2) is 3.87. The van der Waals surface area contributed by atoms with Crippen LogP contribution in [0.2, 0.25) is 5.02 Å². The Labute approximate surface area is 98.5 Å². The van der Waals surface area contributed by atoms with E-state index in [-0.39, 0.29) is 6.10 Å². The van der Waals surface area contributed by atoms with Gasteiger partial charge >= 0.3 is 6.09 Å². The maximum absolute atomic E-state index is 10.7. The lowest BCUT2D eigenvalue weighted by atomic mass is 10.0. The Morgan fingerprint density at radius 2 is 2.25 bits per heavy atom. The van der Waals surface area contributed by atoms with Gasteiger partial charge in [-0.1, -0.05) is 11.6 Å². The molecule has 4 nitrogen and oxygen atoms in total. The molecule has 1 aliphatic carbocycles. The molecule has 0 fully saturated rings. The summed E-state index contributed by atoms with van der Waals surface area (Å²) in [6.45, 7) is 1.92. The summed E-state index contributed by atoms with van der Waals surface area (Å²) < 4.78 is 4.98. The van der Waals surface area contributed by atoms with Crippen LogP contribution in [0.15, 0.2) is 6.07 Å². The zero-order chi connectivity index (χ0) is 11.9. The number of benzene rings is 1. The van der Waals surface area contributed by atoms with Gasteiger partial charge in [-0.2, -0.15) is 0 Å². The van der Waals surface area contributed by atoms with Crippen molar-refractivity contribution in [3.8, 4) is 0 Å². The fourth-order valence-corrected chi connectivity index (χ4v) is 2.43. The van der Waals surface area contributed by atoms with Gasteiger partial charge in [-0.3, -0.25) is 0 Å². The average molecular weight is 241 g/mol. The minimum Gasteiger partial charge on any atom is -0.446 e. The molecule has 0 saturated heterocycles. The smallest absolute Gasteiger partial charge is 0.404 e. The van der Waals surface area contributed by atoms with Crippen LogP contribution in [0.5, 0.6) is 0 Å². The van der Waals surface area contributed by atoms with Crippen LogP contribution in [0.25, 0.3) is 0 Å². The van der Waals surface area contributed by atoms with Gasteiger partial charge in [0.15, 0.2) is 0 Å². The van der Waals surface area contributed by atoms with Gasteiger partial charge in [-0.15, -0.1) is 0 Å².